The van der Waals surface area contributed by atoms with Crippen molar-refractivity contribution in [2.24, 2.45) is 0 Å². The molecule has 1 aromatic heterocycles. The Hall–Kier alpha value is -4.72. The number of methoxy groups -OCH3 is 1. The average Bonchev–Trinajstić information content (AvgIpc) is 3.46. The number of benzene rings is 3. The zero-order valence-corrected chi connectivity index (χ0v) is 21.8. The van der Waals surface area contributed by atoms with Gasteiger partial charge >= 0.3 is 0 Å². The lowest BCUT2D eigenvalue weighted by atomic mass is 9.92. The predicted molar refractivity (Wildman–Crippen MR) is 147 cm³/mol. The van der Waals surface area contributed by atoms with Crippen LogP contribution in [0.5, 0.6) is 17.2 Å². The fraction of sp³-hybridized carbons (Fsp3) is 0.226. The smallest absolute Gasteiger partial charge is 0.290 e. The van der Waals surface area contributed by atoms with Gasteiger partial charge in [0.25, 0.3) is 5.91 Å². The first kappa shape index (κ1) is 25.9. The van der Waals surface area contributed by atoms with E-state index in [-0.39, 0.29) is 35.8 Å². The largest absolute Gasteiger partial charge is 0.504 e. The fourth-order valence-electron chi connectivity index (χ4n) is 5.10. The number of carbonyl (C=O) groups is 2. The Morgan fingerprint density at radius 1 is 1.05 bits per heavy atom. The second-order valence-corrected chi connectivity index (χ2v) is 9.38. The van der Waals surface area contributed by atoms with Gasteiger partial charge in [-0.15, -0.1) is 0 Å². The van der Waals surface area contributed by atoms with Crippen LogP contribution in [0.1, 0.15) is 29.7 Å². The maximum atomic E-state index is 13.6. The van der Waals surface area contributed by atoms with E-state index in [4.69, 9.17) is 9.47 Å². The number of hydrogen-bond donors (Lipinski definition) is 3. The van der Waals surface area contributed by atoms with E-state index in [1.165, 1.54) is 11.0 Å². The Balaban J connectivity index is 1.51. The van der Waals surface area contributed by atoms with Gasteiger partial charge in [0.1, 0.15) is 5.75 Å². The molecule has 0 fully saturated rings. The van der Waals surface area contributed by atoms with Crippen LogP contribution in [0.15, 0.2) is 84.3 Å². The SMILES string of the molecule is CCOc1cc([C@H]2C(C(=O)Cc3ccccc3)=C(O)C(=O)N2CCc2c[nH]c3ccc(OC)cc23)ccc1O. The number of H-pyrrole nitrogens is 1. The lowest BCUT2D eigenvalue weighted by molar-refractivity contribution is -0.129. The van der Waals surface area contributed by atoms with Crippen LogP contribution in [0.4, 0.5) is 0 Å². The number of hydrogen-bond acceptors (Lipinski definition) is 6. The second-order valence-electron chi connectivity index (χ2n) is 9.38. The lowest BCUT2D eigenvalue weighted by Gasteiger charge is -2.27. The number of aliphatic hydroxyl groups excluding tert-OH is 1. The molecule has 1 aliphatic heterocycles. The summed E-state index contributed by atoms with van der Waals surface area (Å²) in [7, 11) is 1.61. The van der Waals surface area contributed by atoms with E-state index in [2.05, 4.69) is 4.98 Å². The van der Waals surface area contributed by atoms with Crippen molar-refractivity contribution in [1.82, 2.24) is 9.88 Å². The molecule has 1 amide bonds. The van der Waals surface area contributed by atoms with Gasteiger partial charge in [-0.2, -0.15) is 0 Å². The highest BCUT2D eigenvalue weighted by Crippen LogP contribution is 2.41. The summed E-state index contributed by atoms with van der Waals surface area (Å²) in [6, 6.07) is 18.8. The summed E-state index contributed by atoms with van der Waals surface area (Å²) >= 11 is 0. The molecule has 200 valence electrons. The molecule has 0 aliphatic carbocycles. The van der Waals surface area contributed by atoms with Crippen LogP contribution in [0.2, 0.25) is 0 Å². The number of amides is 1. The molecule has 8 heteroatoms. The van der Waals surface area contributed by atoms with E-state index in [1.54, 1.807) is 26.2 Å². The van der Waals surface area contributed by atoms with E-state index in [0.29, 0.717) is 18.6 Å². The Labute approximate surface area is 226 Å². The Morgan fingerprint density at radius 3 is 2.59 bits per heavy atom. The number of aliphatic hydroxyl groups is 1. The van der Waals surface area contributed by atoms with Crippen LogP contribution in [-0.2, 0) is 22.4 Å². The summed E-state index contributed by atoms with van der Waals surface area (Å²) in [6.45, 7) is 2.37. The molecule has 0 radical (unpaired) electrons. The van der Waals surface area contributed by atoms with E-state index in [1.807, 2.05) is 54.7 Å². The minimum atomic E-state index is -0.840. The number of rotatable bonds is 10. The third kappa shape index (κ3) is 5.05. The molecule has 3 N–H and O–H groups in total. The molecule has 1 aliphatic rings. The van der Waals surface area contributed by atoms with Gasteiger partial charge in [0.15, 0.2) is 23.0 Å². The topological polar surface area (TPSA) is 112 Å². The number of ketones is 1. The van der Waals surface area contributed by atoms with Gasteiger partial charge in [0.05, 0.1) is 25.3 Å². The first-order valence-corrected chi connectivity index (χ1v) is 12.8. The van der Waals surface area contributed by atoms with Crippen LogP contribution in [-0.4, -0.2) is 52.0 Å². The van der Waals surface area contributed by atoms with Crippen LogP contribution in [0.25, 0.3) is 10.9 Å². The summed E-state index contributed by atoms with van der Waals surface area (Å²) in [5, 5.41) is 22.2. The molecule has 0 saturated heterocycles. The zero-order valence-electron chi connectivity index (χ0n) is 21.8. The van der Waals surface area contributed by atoms with Gasteiger partial charge < -0.3 is 29.6 Å². The summed E-state index contributed by atoms with van der Waals surface area (Å²) in [5.74, 6) is -0.587. The molecule has 3 aromatic carbocycles. The molecular formula is C31H30N2O6. The maximum Gasteiger partial charge on any atom is 0.290 e. The van der Waals surface area contributed by atoms with E-state index in [9.17, 15) is 19.8 Å². The number of phenolic OH excluding ortho intramolecular Hbond substituents is 1. The number of phenols is 1. The molecule has 2 heterocycles. The number of aromatic nitrogens is 1. The highest BCUT2D eigenvalue weighted by atomic mass is 16.5. The third-order valence-corrected chi connectivity index (χ3v) is 7.01. The molecule has 0 spiro atoms. The molecule has 0 saturated carbocycles. The summed E-state index contributed by atoms with van der Waals surface area (Å²) in [5.41, 5.74) is 3.29. The second kappa shape index (κ2) is 10.9. The van der Waals surface area contributed by atoms with Crippen LogP contribution in [0.3, 0.4) is 0 Å². The van der Waals surface area contributed by atoms with Crippen molar-refractivity contribution in [3.05, 3.63) is 101 Å². The summed E-state index contributed by atoms with van der Waals surface area (Å²) in [6.07, 6.45) is 2.40. The quantitative estimate of drug-likeness (QED) is 0.267. The summed E-state index contributed by atoms with van der Waals surface area (Å²) < 4.78 is 10.9. The number of nitrogens with zero attached hydrogens (tertiary/aromatic N) is 1. The van der Waals surface area contributed by atoms with E-state index in [0.717, 1.165) is 27.8 Å². The molecule has 8 nitrogen and oxygen atoms in total. The van der Waals surface area contributed by atoms with Gasteiger partial charge in [-0.25, -0.2) is 0 Å². The number of Topliss-reactive ketones (excluding diaryl/α,β-unsaturated/α-hetero) is 1. The van der Waals surface area contributed by atoms with E-state index < -0.39 is 17.7 Å². The van der Waals surface area contributed by atoms with Gasteiger partial charge in [0, 0.05) is 30.1 Å². The van der Waals surface area contributed by atoms with Gasteiger partial charge in [-0.1, -0.05) is 36.4 Å². The van der Waals surface area contributed by atoms with E-state index >= 15 is 0 Å². The lowest BCUT2D eigenvalue weighted by Crippen LogP contribution is -2.33. The van der Waals surface area contributed by atoms with Crippen molar-refractivity contribution in [3.8, 4) is 17.2 Å². The fourth-order valence-corrected chi connectivity index (χ4v) is 5.10. The first-order chi connectivity index (χ1) is 18.9. The van der Waals surface area contributed by atoms with Crippen molar-refractivity contribution in [1.29, 1.82) is 0 Å². The number of carbonyl (C=O) groups excluding carboxylic acids is 2. The monoisotopic (exact) mass is 526 g/mol. The van der Waals surface area contributed by atoms with Crippen LogP contribution in [0, 0.1) is 0 Å². The average molecular weight is 527 g/mol. The summed E-state index contributed by atoms with van der Waals surface area (Å²) in [4.78, 5) is 31.7. The third-order valence-electron chi connectivity index (χ3n) is 7.01. The van der Waals surface area contributed by atoms with Crippen LogP contribution < -0.4 is 9.47 Å². The zero-order chi connectivity index (χ0) is 27.5. The highest BCUT2D eigenvalue weighted by Gasteiger charge is 2.43. The Kier molecular flexibility index (Phi) is 7.27. The van der Waals surface area contributed by atoms with Crippen molar-refractivity contribution in [3.63, 3.8) is 0 Å². The van der Waals surface area contributed by atoms with Gasteiger partial charge in [0.2, 0.25) is 0 Å². The van der Waals surface area contributed by atoms with Crippen molar-refractivity contribution in [2.75, 3.05) is 20.3 Å². The maximum absolute atomic E-state index is 13.6. The molecule has 1 atom stereocenters. The highest BCUT2D eigenvalue weighted by molar-refractivity contribution is 6.09. The molecular weight excluding hydrogens is 496 g/mol. The molecule has 4 aromatic rings. The van der Waals surface area contributed by atoms with Crippen molar-refractivity contribution < 1.29 is 29.3 Å². The van der Waals surface area contributed by atoms with Crippen molar-refractivity contribution >= 4 is 22.6 Å². The minimum Gasteiger partial charge on any atom is -0.504 e. The number of aromatic amines is 1. The molecule has 0 unspecified atom stereocenters. The van der Waals surface area contributed by atoms with Crippen LogP contribution >= 0.6 is 0 Å². The predicted octanol–water partition coefficient (Wildman–Crippen LogP) is 5.03. The van der Waals surface area contributed by atoms with Gasteiger partial charge in [-0.3, -0.25) is 9.59 Å². The van der Waals surface area contributed by atoms with Gasteiger partial charge in [-0.05, 0) is 60.4 Å². The Morgan fingerprint density at radius 2 is 1.85 bits per heavy atom. The normalized spacial score (nSPS) is 15.3. The molecule has 0 bridgehead atoms. The number of fused-ring (bicyclic) bond motifs is 1. The molecule has 39 heavy (non-hydrogen) atoms. The minimum absolute atomic E-state index is 0.0382. The standard InChI is InChI=1S/C31H30N2O6/c1-3-39-27-16-20(9-12-25(27)34)29-28(26(35)15-19-7-5-4-6-8-19)30(36)31(37)33(29)14-13-21-18-32-24-11-10-22(38-2)17-23(21)24/h4-12,16-18,29,32,34,36H,3,13-15H2,1-2H3/t29-/m0/s1. The number of aromatic hydroxyl groups is 1. The first-order valence-electron chi connectivity index (χ1n) is 12.8. The molecule has 5 rings (SSSR count). The number of nitrogens with one attached hydrogen (secondary N) is 1. The van der Waals surface area contributed by atoms with Crippen molar-refractivity contribution in [2.45, 2.75) is 25.8 Å². The number of ether oxygens (including phenoxy) is 2. The Bertz CT molecular complexity index is 1560.